The number of nitrogens with zero attached hydrogens (tertiary/aromatic N) is 2. The first-order chi connectivity index (χ1) is 8.50. The van der Waals surface area contributed by atoms with E-state index in [1.807, 2.05) is 32.0 Å². The summed E-state index contributed by atoms with van der Waals surface area (Å²) in [5.41, 5.74) is 3.04. The van der Waals surface area contributed by atoms with E-state index in [0.717, 1.165) is 16.7 Å². The molecule has 1 aromatic carbocycles. The quantitative estimate of drug-likeness (QED) is 0.793. The van der Waals surface area contributed by atoms with Gasteiger partial charge in [-0.25, -0.2) is 4.98 Å². The lowest BCUT2D eigenvalue weighted by molar-refractivity contribution is 0.729. The van der Waals surface area contributed by atoms with Crippen LogP contribution in [0.15, 0.2) is 29.3 Å². The summed E-state index contributed by atoms with van der Waals surface area (Å²) in [5.74, 6) is 0. The molecule has 0 unspecified atom stereocenters. The summed E-state index contributed by atoms with van der Waals surface area (Å²) < 4.78 is 1.46. The molecular weight excluding hydrogens is 271 g/mol. The van der Waals surface area contributed by atoms with Gasteiger partial charge in [0.1, 0.15) is 5.02 Å². The topological polar surface area (TPSA) is 34.9 Å². The molecule has 0 bridgehead atoms. The zero-order chi connectivity index (χ0) is 13.3. The maximum atomic E-state index is 11.9. The lowest BCUT2D eigenvalue weighted by Crippen LogP contribution is -2.22. The van der Waals surface area contributed by atoms with Crippen molar-refractivity contribution in [3.05, 3.63) is 61.7 Å². The maximum absolute atomic E-state index is 11.9. The van der Waals surface area contributed by atoms with Gasteiger partial charge in [0, 0.05) is 0 Å². The van der Waals surface area contributed by atoms with Crippen molar-refractivity contribution in [1.82, 2.24) is 9.55 Å². The Morgan fingerprint density at radius 2 is 1.83 bits per heavy atom. The number of rotatable bonds is 2. The van der Waals surface area contributed by atoms with Gasteiger partial charge < -0.3 is 0 Å². The Kier molecular flexibility index (Phi) is 3.73. The highest BCUT2D eigenvalue weighted by atomic mass is 35.5. The van der Waals surface area contributed by atoms with Gasteiger partial charge in [-0.2, -0.15) is 0 Å². The van der Waals surface area contributed by atoms with E-state index in [1.165, 1.54) is 10.9 Å². The lowest BCUT2D eigenvalue weighted by Gasteiger charge is -2.11. The molecular formula is C13H12Cl2N2O. The van der Waals surface area contributed by atoms with Crippen molar-refractivity contribution in [3.8, 4) is 0 Å². The molecule has 94 valence electrons. The molecule has 1 heterocycles. The van der Waals surface area contributed by atoms with Crippen LogP contribution in [0.5, 0.6) is 0 Å². The third kappa shape index (κ3) is 2.42. The SMILES string of the molecule is Cc1cccc(C)c1Cn1cnc(Cl)c(Cl)c1=O. The highest BCUT2D eigenvalue weighted by Crippen LogP contribution is 2.16. The van der Waals surface area contributed by atoms with Crippen LogP contribution in [-0.2, 0) is 6.54 Å². The maximum Gasteiger partial charge on any atom is 0.273 e. The fraction of sp³-hybridized carbons (Fsp3) is 0.231. The van der Waals surface area contributed by atoms with Gasteiger partial charge in [-0.1, -0.05) is 41.4 Å². The Morgan fingerprint density at radius 3 is 2.44 bits per heavy atom. The Morgan fingerprint density at radius 1 is 1.22 bits per heavy atom. The first-order valence-corrected chi connectivity index (χ1v) is 6.22. The standard InChI is InChI=1S/C13H12Cl2N2O/c1-8-4-3-5-9(2)10(8)6-17-7-16-12(15)11(14)13(17)18/h3-5,7H,6H2,1-2H3. The van der Waals surface area contributed by atoms with Gasteiger partial charge in [-0.15, -0.1) is 0 Å². The molecule has 5 heteroatoms. The number of aryl methyl sites for hydroxylation is 2. The monoisotopic (exact) mass is 282 g/mol. The molecule has 0 spiro atoms. The predicted octanol–water partition coefficient (Wildman–Crippen LogP) is 3.22. The van der Waals surface area contributed by atoms with Crippen molar-refractivity contribution in [3.63, 3.8) is 0 Å². The van der Waals surface area contributed by atoms with Crippen molar-refractivity contribution < 1.29 is 0 Å². The van der Waals surface area contributed by atoms with Crippen LogP contribution in [0.2, 0.25) is 10.2 Å². The summed E-state index contributed by atoms with van der Waals surface area (Å²) in [6.07, 6.45) is 1.42. The van der Waals surface area contributed by atoms with Crippen LogP contribution in [0.25, 0.3) is 0 Å². The summed E-state index contributed by atoms with van der Waals surface area (Å²) in [6.45, 7) is 4.47. The zero-order valence-corrected chi connectivity index (χ0v) is 11.6. The molecule has 0 atom stereocenters. The minimum atomic E-state index is -0.320. The minimum Gasteiger partial charge on any atom is -0.293 e. The number of hydrogen-bond donors (Lipinski definition) is 0. The van der Waals surface area contributed by atoms with Crippen molar-refractivity contribution in [1.29, 1.82) is 0 Å². The fourth-order valence-electron chi connectivity index (χ4n) is 1.83. The number of aromatic nitrogens is 2. The van der Waals surface area contributed by atoms with Crippen LogP contribution >= 0.6 is 23.2 Å². The molecule has 3 nitrogen and oxygen atoms in total. The highest BCUT2D eigenvalue weighted by Gasteiger charge is 2.09. The molecule has 0 fully saturated rings. The molecule has 1 aromatic heterocycles. The Bertz CT molecular complexity index is 630. The second-order valence-corrected chi connectivity index (χ2v) is 4.89. The molecule has 0 aliphatic heterocycles. The second kappa shape index (κ2) is 5.12. The number of halogens is 2. The van der Waals surface area contributed by atoms with Gasteiger partial charge in [0.25, 0.3) is 5.56 Å². The van der Waals surface area contributed by atoms with Crippen molar-refractivity contribution in [2.24, 2.45) is 0 Å². The van der Waals surface area contributed by atoms with Crippen molar-refractivity contribution in [2.75, 3.05) is 0 Å². The van der Waals surface area contributed by atoms with E-state index in [0.29, 0.717) is 6.54 Å². The lowest BCUT2D eigenvalue weighted by atomic mass is 10.0. The number of benzene rings is 1. The molecule has 0 radical (unpaired) electrons. The van der Waals surface area contributed by atoms with E-state index in [1.54, 1.807) is 0 Å². The zero-order valence-electron chi connectivity index (χ0n) is 10.1. The third-order valence-electron chi connectivity index (χ3n) is 2.91. The summed E-state index contributed by atoms with van der Waals surface area (Å²) in [5, 5.41) is 0.00447. The average Bonchev–Trinajstić information content (AvgIpc) is 2.34. The molecule has 0 saturated carbocycles. The van der Waals surface area contributed by atoms with E-state index >= 15 is 0 Å². The normalized spacial score (nSPS) is 10.7. The summed E-state index contributed by atoms with van der Waals surface area (Å²) in [4.78, 5) is 15.8. The molecule has 0 N–H and O–H groups in total. The van der Waals surface area contributed by atoms with E-state index in [9.17, 15) is 4.79 Å². The molecule has 0 aliphatic carbocycles. The van der Waals surface area contributed by atoms with Crippen LogP contribution in [0.4, 0.5) is 0 Å². The van der Waals surface area contributed by atoms with Gasteiger partial charge in [-0.05, 0) is 30.5 Å². The summed E-state index contributed by atoms with van der Waals surface area (Å²) >= 11 is 11.5. The van der Waals surface area contributed by atoms with Crippen LogP contribution in [-0.4, -0.2) is 9.55 Å². The fourth-order valence-corrected chi connectivity index (χ4v) is 2.11. The molecule has 0 saturated heterocycles. The van der Waals surface area contributed by atoms with E-state index in [-0.39, 0.29) is 15.7 Å². The van der Waals surface area contributed by atoms with Crippen LogP contribution in [0.3, 0.4) is 0 Å². The van der Waals surface area contributed by atoms with Crippen LogP contribution in [0, 0.1) is 13.8 Å². The molecule has 2 aromatic rings. The van der Waals surface area contributed by atoms with Crippen molar-refractivity contribution >= 4 is 23.2 Å². The largest absolute Gasteiger partial charge is 0.293 e. The molecule has 18 heavy (non-hydrogen) atoms. The van der Waals surface area contributed by atoms with E-state index < -0.39 is 0 Å². The van der Waals surface area contributed by atoms with Gasteiger partial charge in [-0.3, -0.25) is 9.36 Å². The van der Waals surface area contributed by atoms with Crippen molar-refractivity contribution in [2.45, 2.75) is 20.4 Å². The van der Waals surface area contributed by atoms with Crippen LogP contribution < -0.4 is 5.56 Å². The smallest absolute Gasteiger partial charge is 0.273 e. The third-order valence-corrected chi connectivity index (χ3v) is 3.64. The molecule has 2 rings (SSSR count). The first kappa shape index (κ1) is 13.1. The van der Waals surface area contributed by atoms with Gasteiger partial charge in [0.15, 0.2) is 5.15 Å². The van der Waals surface area contributed by atoms with Gasteiger partial charge in [0.2, 0.25) is 0 Å². The predicted molar refractivity (Wildman–Crippen MR) is 73.5 cm³/mol. The first-order valence-electron chi connectivity index (χ1n) is 5.46. The Labute approximate surface area is 115 Å². The Hall–Kier alpha value is -1.32. The summed E-state index contributed by atoms with van der Waals surface area (Å²) in [7, 11) is 0. The van der Waals surface area contributed by atoms with Gasteiger partial charge in [0.05, 0.1) is 12.9 Å². The van der Waals surface area contributed by atoms with E-state index in [2.05, 4.69) is 4.98 Å². The molecule has 0 aliphatic rings. The highest BCUT2D eigenvalue weighted by molar-refractivity contribution is 6.40. The molecule has 0 amide bonds. The number of hydrogen-bond acceptors (Lipinski definition) is 2. The minimum absolute atomic E-state index is 0.0367. The van der Waals surface area contributed by atoms with E-state index in [4.69, 9.17) is 23.2 Å². The second-order valence-electron chi connectivity index (χ2n) is 4.15. The van der Waals surface area contributed by atoms with Crippen LogP contribution in [0.1, 0.15) is 16.7 Å². The average molecular weight is 283 g/mol. The Balaban J connectivity index is 2.47. The van der Waals surface area contributed by atoms with Gasteiger partial charge >= 0.3 is 0 Å². The summed E-state index contributed by atoms with van der Waals surface area (Å²) in [6, 6.07) is 6.01.